The number of hydrogen-bond donors (Lipinski definition) is 1. The van der Waals surface area contributed by atoms with Crippen molar-refractivity contribution in [2.24, 2.45) is 5.73 Å². The minimum absolute atomic E-state index is 0.282. The predicted octanol–water partition coefficient (Wildman–Crippen LogP) is 3.55. The zero-order valence-electron chi connectivity index (χ0n) is 11.9. The van der Waals surface area contributed by atoms with E-state index in [1.54, 1.807) is 12.1 Å². The Bertz CT molecular complexity index is 469. The molecule has 1 aromatic rings. The zero-order chi connectivity index (χ0) is 15.0. The lowest BCUT2D eigenvalue weighted by molar-refractivity contribution is -0.137. The molecule has 2 saturated heterocycles. The summed E-state index contributed by atoms with van der Waals surface area (Å²) >= 11 is 0. The largest absolute Gasteiger partial charge is 0.416 e. The summed E-state index contributed by atoms with van der Waals surface area (Å²) in [6.45, 7) is 0.736. The van der Waals surface area contributed by atoms with Gasteiger partial charge in [0.05, 0.1) is 5.56 Å². The summed E-state index contributed by atoms with van der Waals surface area (Å²) in [4.78, 5) is 2.45. The van der Waals surface area contributed by atoms with Gasteiger partial charge in [-0.25, -0.2) is 0 Å². The molecule has 21 heavy (non-hydrogen) atoms. The summed E-state index contributed by atoms with van der Waals surface area (Å²) in [5, 5.41) is 0. The molecule has 116 valence electrons. The predicted molar refractivity (Wildman–Crippen MR) is 75.6 cm³/mol. The normalized spacial score (nSPS) is 30.4. The van der Waals surface area contributed by atoms with Crippen molar-refractivity contribution < 1.29 is 13.2 Å². The van der Waals surface area contributed by atoms with Crippen LogP contribution >= 0.6 is 0 Å². The molecule has 2 heterocycles. The summed E-state index contributed by atoms with van der Waals surface area (Å²) in [5.41, 5.74) is 6.47. The number of halogens is 3. The van der Waals surface area contributed by atoms with E-state index in [1.165, 1.54) is 18.6 Å². The Kier molecular flexibility index (Phi) is 3.97. The first-order chi connectivity index (χ1) is 9.93. The molecule has 5 heteroatoms. The maximum atomic E-state index is 12.6. The van der Waals surface area contributed by atoms with Crippen LogP contribution in [0.3, 0.4) is 0 Å². The molecule has 0 saturated carbocycles. The molecule has 3 rings (SSSR count). The first-order valence-electron chi connectivity index (χ1n) is 7.61. The Morgan fingerprint density at radius 1 is 1.05 bits per heavy atom. The molecule has 2 fully saturated rings. The van der Waals surface area contributed by atoms with Crippen LogP contribution in [0.2, 0.25) is 0 Å². The second-order valence-electron chi connectivity index (χ2n) is 6.34. The van der Waals surface area contributed by atoms with Crippen LogP contribution in [0.25, 0.3) is 0 Å². The van der Waals surface area contributed by atoms with Crippen molar-refractivity contribution >= 4 is 0 Å². The van der Waals surface area contributed by atoms with Gasteiger partial charge in [0.15, 0.2) is 0 Å². The van der Waals surface area contributed by atoms with Crippen LogP contribution in [0.5, 0.6) is 0 Å². The van der Waals surface area contributed by atoms with Crippen molar-refractivity contribution in [3.05, 3.63) is 35.4 Å². The van der Waals surface area contributed by atoms with E-state index in [0.717, 1.165) is 37.8 Å². The Morgan fingerprint density at radius 3 is 2.14 bits per heavy atom. The smallest absolute Gasteiger partial charge is 0.328 e. The van der Waals surface area contributed by atoms with Crippen LogP contribution in [0.4, 0.5) is 13.2 Å². The molecule has 2 nitrogen and oxygen atoms in total. The van der Waals surface area contributed by atoms with E-state index >= 15 is 0 Å². The number of fused-ring (bicyclic) bond motifs is 2. The molecular weight excluding hydrogens is 277 g/mol. The Morgan fingerprint density at radius 2 is 1.62 bits per heavy atom. The molecule has 2 aliphatic rings. The van der Waals surface area contributed by atoms with Gasteiger partial charge in [-0.3, -0.25) is 4.90 Å². The third-order valence-electron chi connectivity index (χ3n) is 4.81. The van der Waals surface area contributed by atoms with Crippen LogP contribution in [-0.4, -0.2) is 23.0 Å². The average Bonchev–Trinajstić information content (AvgIpc) is 2.39. The van der Waals surface area contributed by atoms with Gasteiger partial charge in [0, 0.05) is 24.7 Å². The Hall–Kier alpha value is -1.07. The second-order valence-corrected chi connectivity index (χ2v) is 6.34. The van der Waals surface area contributed by atoms with Gasteiger partial charge in [-0.2, -0.15) is 13.2 Å². The molecule has 0 amide bonds. The molecule has 0 spiro atoms. The standard InChI is InChI=1S/C16H21F3N2/c17-16(18,19)12-6-4-11(5-7-12)10-21-14-2-1-3-15(21)9-13(20)8-14/h4-7,13-15H,1-3,8-10,20H2. The van der Waals surface area contributed by atoms with Gasteiger partial charge in [-0.1, -0.05) is 18.6 Å². The maximum absolute atomic E-state index is 12.6. The third-order valence-corrected chi connectivity index (χ3v) is 4.81. The number of alkyl halides is 3. The van der Waals surface area contributed by atoms with Gasteiger partial charge >= 0.3 is 6.18 Å². The highest BCUT2D eigenvalue weighted by Crippen LogP contribution is 2.35. The quantitative estimate of drug-likeness (QED) is 0.904. The van der Waals surface area contributed by atoms with Crippen LogP contribution in [0, 0.1) is 0 Å². The SMILES string of the molecule is NC1CC2CCCC(C1)N2Cc1ccc(C(F)(F)F)cc1. The van der Waals surface area contributed by atoms with Gasteiger partial charge in [-0.05, 0) is 43.4 Å². The highest BCUT2D eigenvalue weighted by Gasteiger charge is 2.37. The Balaban J connectivity index is 1.71. The van der Waals surface area contributed by atoms with Gasteiger partial charge < -0.3 is 5.73 Å². The summed E-state index contributed by atoms with van der Waals surface area (Å²) in [7, 11) is 0. The van der Waals surface area contributed by atoms with Crippen LogP contribution in [-0.2, 0) is 12.7 Å². The average molecular weight is 298 g/mol. The molecule has 2 bridgehead atoms. The maximum Gasteiger partial charge on any atom is 0.416 e. The van der Waals surface area contributed by atoms with E-state index in [1.807, 2.05) is 0 Å². The van der Waals surface area contributed by atoms with E-state index < -0.39 is 11.7 Å². The van der Waals surface area contributed by atoms with Gasteiger partial charge in [0.1, 0.15) is 0 Å². The fraction of sp³-hybridized carbons (Fsp3) is 0.625. The molecule has 0 aliphatic carbocycles. The van der Waals surface area contributed by atoms with E-state index in [2.05, 4.69) is 4.90 Å². The monoisotopic (exact) mass is 298 g/mol. The summed E-state index contributed by atoms with van der Waals surface area (Å²) in [6.07, 6.45) is 1.32. The first-order valence-corrected chi connectivity index (χ1v) is 7.61. The van der Waals surface area contributed by atoms with Crippen molar-refractivity contribution in [3.8, 4) is 0 Å². The van der Waals surface area contributed by atoms with Crippen molar-refractivity contribution in [1.82, 2.24) is 4.90 Å². The fourth-order valence-corrected chi connectivity index (χ4v) is 3.79. The molecule has 2 atom stereocenters. The molecule has 2 N–H and O–H groups in total. The number of benzene rings is 1. The lowest BCUT2D eigenvalue weighted by atomic mass is 9.82. The molecule has 0 aromatic heterocycles. The summed E-state index contributed by atoms with van der Waals surface area (Å²) < 4.78 is 37.8. The highest BCUT2D eigenvalue weighted by molar-refractivity contribution is 5.24. The second kappa shape index (κ2) is 5.61. The lowest BCUT2D eigenvalue weighted by Crippen LogP contribution is -2.54. The van der Waals surface area contributed by atoms with E-state index in [-0.39, 0.29) is 6.04 Å². The number of nitrogens with zero attached hydrogens (tertiary/aromatic N) is 1. The van der Waals surface area contributed by atoms with E-state index in [0.29, 0.717) is 12.1 Å². The number of rotatable bonds is 2. The van der Waals surface area contributed by atoms with Gasteiger partial charge in [-0.15, -0.1) is 0 Å². The topological polar surface area (TPSA) is 29.3 Å². The van der Waals surface area contributed by atoms with Crippen LogP contribution < -0.4 is 5.73 Å². The number of piperidine rings is 2. The van der Waals surface area contributed by atoms with E-state index in [9.17, 15) is 13.2 Å². The molecular formula is C16H21F3N2. The van der Waals surface area contributed by atoms with Gasteiger partial charge in [0.25, 0.3) is 0 Å². The number of hydrogen-bond acceptors (Lipinski definition) is 2. The minimum Gasteiger partial charge on any atom is -0.328 e. The molecule has 2 unspecified atom stereocenters. The zero-order valence-corrected chi connectivity index (χ0v) is 11.9. The first kappa shape index (κ1) is 14.9. The van der Waals surface area contributed by atoms with Crippen LogP contribution in [0.15, 0.2) is 24.3 Å². The fourth-order valence-electron chi connectivity index (χ4n) is 3.79. The minimum atomic E-state index is -4.26. The van der Waals surface area contributed by atoms with Gasteiger partial charge in [0.2, 0.25) is 0 Å². The molecule has 0 radical (unpaired) electrons. The van der Waals surface area contributed by atoms with Crippen molar-refractivity contribution in [2.75, 3.05) is 0 Å². The van der Waals surface area contributed by atoms with E-state index in [4.69, 9.17) is 5.73 Å². The van der Waals surface area contributed by atoms with Crippen molar-refractivity contribution in [3.63, 3.8) is 0 Å². The summed E-state index contributed by atoms with van der Waals surface area (Å²) in [6, 6.07) is 6.84. The molecule has 1 aromatic carbocycles. The third kappa shape index (κ3) is 3.24. The number of nitrogens with two attached hydrogens (primary N) is 1. The Labute approximate surface area is 123 Å². The molecule has 2 aliphatic heterocycles. The lowest BCUT2D eigenvalue weighted by Gasteiger charge is -2.48. The summed E-state index contributed by atoms with van der Waals surface area (Å²) in [5.74, 6) is 0. The van der Waals surface area contributed by atoms with Crippen LogP contribution in [0.1, 0.15) is 43.2 Å². The van der Waals surface area contributed by atoms with Crippen molar-refractivity contribution in [2.45, 2.75) is 63.0 Å². The highest BCUT2D eigenvalue weighted by atomic mass is 19.4. The van der Waals surface area contributed by atoms with Crippen molar-refractivity contribution in [1.29, 1.82) is 0 Å².